The molecule has 5 rings (SSSR count). The first-order chi connectivity index (χ1) is 19.2. The van der Waals surface area contributed by atoms with Crippen LogP contribution >= 0.6 is 11.6 Å². The zero-order valence-electron chi connectivity index (χ0n) is 21.8. The standard InChI is InChI=1S/C30H30ClN3O5S/c31-23-12-8-11-22(17-23)19-33(28(35)20-34-30(37)25-15-6-7-16-27(25)40(34,38)39)26(18-21-9-2-1-3-10-21)29(36)32-24-13-4-5-14-24/h1-3,6-12,15-17,24,26H,4-5,13-14,18-20H2,(H,32,36)/t26-/m0/s1. The maximum atomic E-state index is 14.0. The second kappa shape index (κ2) is 11.8. The molecule has 1 aliphatic carbocycles. The van der Waals surface area contributed by atoms with E-state index in [4.69, 9.17) is 11.6 Å². The first-order valence-electron chi connectivity index (χ1n) is 13.3. The van der Waals surface area contributed by atoms with Crippen molar-refractivity contribution in [1.82, 2.24) is 14.5 Å². The molecular weight excluding hydrogens is 550 g/mol. The third kappa shape index (κ3) is 5.90. The van der Waals surface area contributed by atoms with Crippen LogP contribution in [0.4, 0.5) is 0 Å². The van der Waals surface area contributed by atoms with E-state index in [0.717, 1.165) is 31.2 Å². The fourth-order valence-electron chi connectivity index (χ4n) is 5.35. The zero-order chi connectivity index (χ0) is 28.3. The van der Waals surface area contributed by atoms with Gasteiger partial charge < -0.3 is 10.2 Å². The number of nitrogens with zero attached hydrogens (tertiary/aromatic N) is 2. The molecule has 3 amide bonds. The summed E-state index contributed by atoms with van der Waals surface area (Å²) in [6.45, 7) is -0.720. The summed E-state index contributed by atoms with van der Waals surface area (Å²) in [4.78, 5) is 42.1. The number of fused-ring (bicyclic) bond motifs is 1. The van der Waals surface area contributed by atoms with Gasteiger partial charge in [-0.25, -0.2) is 12.7 Å². The number of nitrogens with one attached hydrogen (secondary N) is 1. The van der Waals surface area contributed by atoms with Gasteiger partial charge in [-0.3, -0.25) is 14.4 Å². The number of amides is 3. The molecule has 1 heterocycles. The lowest BCUT2D eigenvalue weighted by molar-refractivity contribution is -0.141. The summed E-state index contributed by atoms with van der Waals surface area (Å²) in [5.74, 6) is -1.74. The van der Waals surface area contributed by atoms with E-state index in [2.05, 4.69) is 5.32 Å². The monoisotopic (exact) mass is 579 g/mol. The molecule has 0 radical (unpaired) electrons. The Morgan fingerprint density at radius 1 is 0.950 bits per heavy atom. The first kappa shape index (κ1) is 27.9. The summed E-state index contributed by atoms with van der Waals surface area (Å²) < 4.78 is 27.0. The van der Waals surface area contributed by atoms with E-state index in [1.54, 1.807) is 30.3 Å². The molecule has 1 fully saturated rings. The summed E-state index contributed by atoms with van der Waals surface area (Å²) in [6, 6.07) is 21.2. The van der Waals surface area contributed by atoms with Gasteiger partial charge in [0.1, 0.15) is 17.5 Å². The van der Waals surface area contributed by atoms with Crippen LogP contribution < -0.4 is 5.32 Å². The van der Waals surface area contributed by atoms with E-state index in [0.29, 0.717) is 14.9 Å². The van der Waals surface area contributed by atoms with E-state index in [-0.39, 0.29) is 35.4 Å². The van der Waals surface area contributed by atoms with Crippen LogP contribution in [0.25, 0.3) is 0 Å². The second-order valence-electron chi connectivity index (χ2n) is 10.2. The molecule has 208 valence electrons. The molecule has 0 aromatic heterocycles. The maximum Gasteiger partial charge on any atom is 0.269 e. The van der Waals surface area contributed by atoms with Crippen LogP contribution in [0.15, 0.2) is 83.8 Å². The van der Waals surface area contributed by atoms with Crippen molar-refractivity contribution >= 4 is 39.3 Å². The highest BCUT2D eigenvalue weighted by Crippen LogP contribution is 2.30. The molecule has 0 bridgehead atoms. The van der Waals surface area contributed by atoms with Crippen molar-refractivity contribution in [2.75, 3.05) is 6.54 Å². The lowest BCUT2D eigenvalue weighted by atomic mass is 10.0. The molecule has 10 heteroatoms. The van der Waals surface area contributed by atoms with Crippen molar-refractivity contribution in [2.45, 2.75) is 55.6 Å². The molecule has 3 aromatic carbocycles. The van der Waals surface area contributed by atoms with Crippen molar-refractivity contribution in [2.24, 2.45) is 0 Å². The normalized spacial score (nSPS) is 16.9. The minimum absolute atomic E-state index is 0.00397. The number of halogens is 1. The molecule has 1 N–H and O–H groups in total. The predicted molar refractivity (Wildman–Crippen MR) is 151 cm³/mol. The average molecular weight is 580 g/mol. The van der Waals surface area contributed by atoms with E-state index in [1.807, 2.05) is 30.3 Å². The number of hydrogen-bond donors (Lipinski definition) is 1. The SMILES string of the molecule is O=C(NC1CCCC1)[C@H](Cc1ccccc1)N(Cc1cccc(Cl)c1)C(=O)CN1C(=O)c2ccccc2S1(=O)=O. The fourth-order valence-corrected chi connectivity index (χ4v) is 7.09. The molecule has 2 aliphatic rings. The maximum absolute atomic E-state index is 14.0. The van der Waals surface area contributed by atoms with Gasteiger partial charge in [-0.1, -0.05) is 79.0 Å². The summed E-state index contributed by atoms with van der Waals surface area (Å²) >= 11 is 6.22. The summed E-state index contributed by atoms with van der Waals surface area (Å²) in [7, 11) is -4.21. The van der Waals surface area contributed by atoms with Crippen LogP contribution in [0, 0.1) is 0 Å². The Labute approximate surface area is 239 Å². The Morgan fingerprint density at radius 3 is 2.33 bits per heavy atom. The van der Waals surface area contributed by atoms with Crippen LogP contribution in [0.3, 0.4) is 0 Å². The zero-order valence-corrected chi connectivity index (χ0v) is 23.4. The highest BCUT2D eigenvalue weighted by Gasteiger charge is 2.43. The second-order valence-corrected chi connectivity index (χ2v) is 12.4. The summed E-state index contributed by atoms with van der Waals surface area (Å²) in [5, 5.41) is 3.57. The van der Waals surface area contributed by atoms with Crippen molar-refractivity contribution in [1.29, 1.82) is 0 Å². The average Bonchev–Trinajstić information content (AvgIpc) is 3.52. The number of benzene rings is 3. The van der Waals surface area contributed by atoms with Crippen molar-refractivity contribution < 1.29 is 22.8 Å². The van der Waals surface area contributed by atoms with Gasteiger partial charge in [0.15, 0.2) is 0 Å². The molecule has 8 nitrogen and oxygen atoms in total. The van der Waals surface area contributed by atoms with Gasteiger partial charge in [-0.2, -0.15) is 0 Å². The third-order valence-electron chi connectivity index (χ3n) is 7.41. The van der Waals surface area contributed by atoms with Crippen LogP contribution in [0.5, 0.6) is 0 Å². The van der Waals surface area contributed by atoms with E-state index >= 15 is 0 Å². The molecule has 1 saturated carbocycles. The molecule has 40 heavy (non-hydrogen) atoms. The molecule has 0 unspecified atom stereocenters. The third-order valence-corrected chi connectivity index (χ3v) is 9.43. The largest absolute Gasteiger partial charge is 0.352 e. The number of hydrogen-bond acceptors (Lipinski definition) is 5. The molecule has 1 aliphatic heterocycles. The van der Waals surface area contributed by atoms with Crippen LogP contribution in [-0.2, 0) is 32.6 Å². The van der Waals surface area contributed by atoms with Crippen molar-refractivity contribution in [3.05, 3.63) is 101 Å². The lowest BCUT2D eigenvalue weighted by Gasteiger charge is -2.33. The number of sulfonamides is 1. The Bertz CT molecular complexity index is 1520. The summed E-state index contributed by atoms with van der Waals surface area (Å²) in [5.41, 5.74) is 1.54. The minimum atomic E-state index is -4.21. The molecule has 3 aromatic rings. The van der Waals surface area contributed by atoms with Crippen LogP contribution in [0.1, 0.15) is 47.2 Å². The highest BCUT2D eigenvalue weighted by molar-refractivity contribution is 7.90. The number of carbonyl (C=O) groups excluding carboxylic acids is 3. The Hall–Kier alpha value is -3.69. The molecule has 0 saturated heterocycles. The van der Waals surface area contributed by atoms with Crippen LogP contribution in [-0.4, -0.2) is 54.0 Å². The van der Waals surface area contributed by atoms with Gasteiger partial charge in [0, 0.05) is 24.0 Å². The number of rotatable bonds is 9. The fraction of sp³-hybridized carbons (Fsp3) is 0.300. The Morgan fingerprint density at radius 2 is 1.62 bits per heavy atom. The first-order valence-corrected chi connectivity index (χ1v) is 15.1. The quantitative estimate of drug-likeness (QED) is 0.409. The lowest BCUT2D eigenvalue weighted by Crippen LogP contribution is -2.54. The summed E-state index contributed by atoms with van der Waals surface area (Å²) in [6.07, 6.45) is 3.99. The smallest absolute Gasteiger partial charge is 0.269 e. The van der Waals surface area contributed by atoms with Gasteiger partial charge in [0.05, 0.1) is 5.56 Å². The highest BCUT2D eigenvalue weighted by atomic mass is 35.5. The predicted octanol–water partition coefficient (Wildman–Crippen LogP) is 4.18. The van der Waals surface area contributed by atoms with Crippen molar-refractivity contribution in [3.8, 4) is 0 Å². The van der Waals surface area contributed by atoms with Gasteiger partial charge in [0.2, 0.25) is 11.8 Å². The number of carbonyl (C=O) groups is 3. The topological polar surface area (TPSA) is 104 Å². The van der Waals surface area contributed by atoms with E-state index in [9.17, 15) is 22.8 Å². The van der Waals surface area contributed by atoms with Crippen molar-refractivity contribution in [3.63, 3.8) is 0 Å². The Kier molecular flexibility index (Phi) is 8.23. The molecule has 1 atom stereocenters. The molecule has 0 spiro atoms. The van der Waals surface area contributed by atoms with E-state index < -0.39 is 34.4 Å². The van der Waals surface area contributed by atoms with E-state index in [1.165, 1.54) is 23.1 Å². The van der Waals surface area contributed by atoms with Gasteiger partial charge in [-0.15, -0.1) is 0 Å². The van der Waals surface area contributed by atoms with Crippen LogP contribution in [0.2, 0.25) is 5.02 Å². The van der Waals surface area contributed by atoms with Gasteiger partial charge in [-0.05, 0) is 48.2 Å². The minimum Gasteiger partial charge on any atom is -0.352 e. The molecular formula is C30H30ClN3O5S. The van der Waals surface area contributed by atoms with Gasteiger partial charge >= 0.3 is 0 Å². The Balaban J connectivity index is 1.50. The van der Waals surface area contributed by atoms with Gasteiger partial charge in [0.25, 0.3) is 15.9 Å².